The maximum atomic E-state index is 11.0. The van der Waals surface area contributed by atoms with Gasteiger partial charge in [-0.3, -0.25) is 4.79 Å². The largest absolute Gasteiger partial charge is 0.330 e. The second-order valence-electron chi connectivity index (χ2n) is 3.66. The molecule has 0 atom stereocenters. The summed E-state index contributed by atoms with van der Waals surface area (Å²) >= 11 is 0. The fraction of sp³-hybridized carbons (Fsp3) is 0.417. The summed E-state index contributed by atoms with van der Waals surface area (Å²) in [5.41, 5.74) is 7.37. The SMILES string of the molecule is CC(=O)Nc1ccccc1CNCCCN. The van der Waals surface area contributed by atoms with Crippen molar-refractivity contribution in [2.75, 3.05) is 18.4 Å². The summed E-state index contributed by atoms with van der Waals surface area (Å²) in [6, 6.07) is 7.78. The predicted octanol–water partition coefficient (Wildman–Crippen LogP) is 1.08. The third-order valence-electron chi connectivity index (χ3n) is 2.20. The Hall–Kier alpha value is -1.39. The van der Waals surface area contributed by atoms with Crippen molar-refractivity contribution in [3.63, 3.8) is 0 Å². The van der Waals surface area contributed by atoms with E-state index in [1.165, 1.54) is 6.92 Å². The molecule has 0 spiro atoms. The number of carbonyl (C=O) groups is 1. The molecule has 88 valence electrons. The molecule has 0 aromatic heterocycles. The average molecular weight is 221 g/mol. The number of amides is 1. The lowest BCUT2D eigenvalue weighted by Crippen LogP contribution is -2.19. The summed E-state index contributed by atoms with van der Waals surface area (Å²) in [4.78, 5) is 11.0. The molecule has 0 saturated carbocycles. The molecule has 0 unspecified atom stereocenters. The van der Waals surface area contributed by atoms with E-state index < -0.39 is 0 Å². The Morgan fingerprint density at radius 2 is 2.12 bits per heavy atom. The molecule has 4 nitrogen and oxygen atoms in total. The molecule has 0 aliphatic heterocycles. The first-order valence-corrected chi connectivity index (χ1v) is 5.50. The number of para-hydroxylation sites is 1. The Morgan fingerprint density at radius 3 is 2.81 bits per heavy atom. The fourth-order valence-corrected chi connectivity index (χ4v) is 1.44. The molecule has 16 heavy (non-hydrogen) atoms. The van der Waals surface area contributed by atoms with Gasteiger partial charge in [0, 0.05) is 19.2 Å². The van der Waals surface area contributed by atoms with Gasteiger partial charge in [0.15, 0.2) is 0 Å². The molecule has 0 aliphatic rings. The first-order chi connectivity index (χ1) is 7.74. The fourth-order valence-electron chi connectivity index (χ4n) is 1.44. The highest BCUT2D eigenvalue weighted by molar-refractivity contribution is 5.89. The van der Waals surface area contributed by atoms with Crippen LogP contribution in [0.3, 0.4) is 0 Å². The van der Waals surface area contributed by atoms with Crippen molar-refractivity contribution >= 4 is 11.6 Å². The second-order valence-corrected chi connectivity index (χ2v) is 3.66. The lowest BCUT2D eigenvalue weighted by atomic mass is 10.1. The Labute approximate surface area is 96.2 Å². The smallest absolute Gasteiger partial charge is 0.221 e. The van der Waals surface area contributed by atoms with Gasteiger partial charge in [0.2, 0.25) is 5.91 Å². The predicted molar refractivity (Wildman–Crippen MR) is 66.1 cm³/mol. The molecule has 1 amide bonds. The molecule has 0 bridgehead atoms. The van der Waals surface area contributed by atoms with Crippen LogP contribution in [0.15, 0.2) is 24.3 Å². The van der Waals surface area contributed by atoms with Gasteiger partial charge in [0.25, 0.3) is 0 Å². The molecule has 0 heterocycles. The number of nitrogens with one attached hydrogen (secondary N) is 2. The van der Waals surface area contributed by atoms with E-state index in [1.54, 1.807) is 0 Å². The Kier molecular flexibility index (Phi) is 5.53. The summed E-state index contributed by atoms with van der Waals surface area (Å²) < 4.78 is 0. The summed E-state index contributed by atoms with van der Waals surface area (Å²) in [6.45, 7) is 3.85. The molecule has 4 N–H and O–H groups in total. The highest BCUT2D eigenvalue weighted by Crippen LogP contribution is 2.14. The quantitative estimate of drug-likeness (QED) is 0.630. The number of hydrogen-bond donors (Lipinski definition) is 3. The van der Waals surface area contributed by atoms with E-state index in [-0.39, 0.29) is 5.91 Å². The second kappa shape index (κ2) is 6.98. The third kappa shape index (κ3) is 4.42. The van der Waals surface area contributed by atoms with Crippen LogP contribution in [0.1, 0.15) is 18.9 Å². The standard InChI is InChI=1S/C12H19N3O/c1-10(16)15-12-6-3-2-5-11(12)9-14-8-4-7-13/h2-3,5-6,14H,4,7-9,13H2,1H3,(H,15,16). The van der Waals surface area contributed by atoms with E-state index in [1.807, 2.05) is 24.3 Å². The van der Waals surface area contributed by atoms with Gasteiger partial charge < -0.3 is 16.4 Å². The molecule has 1 aromatic rings. The number of anilines is 1. The van der Waals surface area contributed by atoms with E-state index in [0.717, 1.165) is 30.8 Å². The lowest BCUT2D eigenvalue weighted by molar-refractivity contribution is -0.114. The van der Waals surface area contributed by atoms with Crippen LogP contribution in [0.2, 0.25) is 0 Å². The summed E-state index contributed by atoms with van der Waals surface area (Å²) in [6.07, 6.45) is 0.961. The number of carbonyl (C=O) groups excluding carboxylic acids is 1. The highest BCUT2D eigenvalue weighted by Gasteiger charge is 2.01. The summed E-state index contributed by atoms with van der Waals surface area (Å²) in [5, 5.41) is 6.10. The molecule has 1 aromatic carbocycles. The van der Waals surface area contributed by atoms with E-state index in [4.69, 9.17) is 5.73 Å². The first kappa shape index (κ1) is 12.7. The van der Waals surface area contributed by atoms with Crippen molar-refractivity contribution in [2.45, 2.75) is 19.9 Å². The van der Waals surface area contributed by atoms with Crippen LogP contribution in [0.4, 0.5) is 5.69 Å². The summed E-state index contributed by atoms with van der Waals surface area (Å²) in [5.74, 6) is -0.0468. The number of benzene rings is 1. The number of hydrogen-bond acceptors (Lipinski definition) is 3. The van der Waals surface area contributed by atoms with Gasteiger partial charge in [-0.25, -0.2) is 0 Å². The topological polar surface area (TPSA) is 67.2 Å². The van der Waals surface area contributed by atoms with Gasteiger partial charge in [-0.2, -0.15) is 0 Å². The van der Waals surface area contributed by atoms with E-state index >= 15 is 0 Å². The Balaban J connectivity index is 2.53. The van der Waals surface area contributed by atoms with Crippen molar-refractivity contribution < 1.29 is 4.79 Å². The lowest BCUT2D eigenvalue weighted by Gasteiger charge is -2.10. The van der Waals surface area contributed by atoms with Gasteiger partial charge in [-0.05, 0) is 31.1 Å². The molecule has 0 radical (unpaired) electrons. The van der Waals surface area contributed by atoms with Gasteiger partial charge in [0.05, 0.1) is 0 Å². The highest BCUT2D eigenvalue weighted by atomic mass is 16.1. The van der Waals surface area contributed by atoms with Crippen LogP contribution in [-0.4, -0.2) is 19.0 Å². The van der Waals surface area contributed by atoms with E-state index in [9.17, 15) is 4.79 Å². The van der Waals surface area contributed by atoms with Crippen LogP contribution < -0.4 is 16.4 Å². The van der Waals surface area contributed by atoms with Gasteiger partial charge in [0.1, 0.15) is 0 Å². The van der Waals surface area contributed by atoms with Gasteiger partial charge in [-0.15, -0.1) is 0 Å². The molecule has 0 fully saturated rings. The van der Waals surface area contributed by atoms with Crippen LogP contribution in [-0.2, 0) is 11.3 Å². The van der Waals surface area contributed by atoms with E-state index in [0.29, 0.717) is 6.54 Å². The zero-order valence-electron chi connectivity index (χ0n) is 9.62. The Bertz CT molecular complexity index is 339. The minimum atomic E-state index is -0.0468. The Morgan fingerprint density at radius 1 is 1.38 bits per heavy atom. The van der Waals surface area contributed by atoms with E-state index in [2.05, 4.69) is 10.6 Å². The zero-order valence-corrected chi connectivity index (χ0v) is 9.62. The monoisotopic (exact) mass is 221 g/mol. The molecule has 0 aliphatic carbocycles. The zero-order chi connectivity index (χ0) is 11.8. The summed E-state index contributed by atoms with van der Waals surface area (Å²) in [7, 11) is 0. The first-order valence-electron chi connectivity index (χ1n) is 5.50. The van der Waals surface area contributed by atoms with Crippen LogP contribution in [0.25, 0.3) is 0 Å². The van der Waals surface area contributed by atoms with Crippen molar-refractivity contribution in [2.24, 2.45) is 5.73 Å². The maximum absolute atomic E-state index is 11.0. The van der Waals surface area contributed by atoms with Crippen molar-refractivity contribution in [3.05, 3.63) is 29.8 Å². The molecule has 0 saturated heterocycles. The molecular formula is C12H19N3O. The van der Waals surface area contributed by atoms with Crippen molar-refractivity contribution in [1.82, 2.24) is 5.32 Å². The van der Waals surface area contributed by atoms with Gasteiger partial charge in [-0.1, -0.05) is 18.2 Å². The van der Waals surface area contributed by atoms with Gasteiger partial charge >= 0.3 is 0 Å². The molecular weight excluding hydrogens is 202 g/mol. The van der Waals surface area contributed by atoms with Crippen molar-refractivity contribution in [1.29, 1.82) is 0 Å². The van der Waals surface area contributed by atoms with Crippen molar-refractivity contribution in [3.8, 4) is 0 Å². The van der Waals surface area contributed by atoms with Crippen LogP contribution in [0, 0.1) is 0 Å². The van der Waals surface area contributed by atoms with Crippen LogP contribution in [0.5, 0.6) is 0 Å². The molecule has 1 rings (SSSR count). The average Bonchev–Trinajstić information content (AvgIpc) is 2.26. The number of rotatable bonds is 6. The number of nitrogens with two attached hydrogens (primary N) is 1. The minimum Gasteiger partial charge on any atom is -0.330 e. The molecule has 4 heteroatoms. The minimum absolute atomic E-state index is 0.0468. The normalized spacial score (nSPS) is 10.1. The maximum Gasteiger partial charge on any atom is 0.221 e. The van der Waals surface area contributed by atoms with Crippen LogP contribution >= 0.6 is 0 Å². The third-order valence-corrected chi connectivity index (χ3v) is 2.20.